The van der Waals surface area contributed by atoms with Gasteiger partial charge in [-0.25, -0.2) is 4.79 Å². The quantitative estimate of drug-likeness (QED) is 0.685. The van der Waals surface area contributed by atoms with Crippen LogP contribution in [0.2, 0.25) is 0 Å². The van der Waals surface area contributed by atoms with Crippen LogP contribution in [-0.2, 0) is 24.3 Å². The molecule has 1 aliphatic carbocycles. The number of benzene rings is 1. The molecule has 0 saturated heterocycles. The fraction of sp³-hybridized carbons (Fsp3) is 0.294. The van der Waals surface area contributed by atoms with E-state index in [0.29, 0.717) is 16.5 Å². The largest absolute Gasteiger partial charge is 0.439 e. The number of carbonyl (C=O) groups excluding carboxylic acids is 1. The van der Waals surface area contributed by atoms with E-state index in [0.717, 1.165) is 29.5 Å². The first-order valence-corrected chi connectivity index (χ1v) is 8.71. The maximum Gasteiger partial charge on any atom is 0.341 e. The predicted molar refractivity (Wildman–Crippen MR) is 90.2 cm³/mol. The molecule has 1 aromatic carbocycles. The minimum Gasteiger partial charge on any atom is -0.439 e. The highest BCUT2D eigenvalue weighted by molar-refractivity contribution is 7.10. The highest BCUT2D eigenvalue weighted by Gasteiger charge is 2.21. The lowest BCUT2D eigenvalue weighted by atomic mass is 9.96. The number of aryl methyl sites for hydroxylation is 1. The Labute approximate surface area is 141 Å². The number of thiophene rings is 1. The molecule has 24 heavy (non-hydrogen) atoms. The average molecular weight is 341 g/mol. The Morgan fingerprint density at radius 1 is 1.25 bits per heavy atom. The minimum atomic E-state index is -0.406. The Kier molecular flexibility index (Phi) is 3.86. The Hall–Kier alpha value is -2.54. The van der Waals surface area contributed by atoms with Gasteiger partial charge in [0, 0.05) is 10.3 Å². The van der Waals surface area contributed by atoms with Gasteiger partial charge in [0.15, 0.2) is 6.73 Å². The lowest BCUT2D eigenvalue weighted by Crippen LogP contribution is -2.26. The molecule has 2 aromatic heterocycles. The second-order valence-corrected chi connectivity index (χ2v) is 6.69. The molecule has 0 N–H and O–H groups in total. The predicted octanol–water partition coefficient (Wildman–Crippen LogP) is 2.55. The second-order valence-electron chi connectivity index (χ2n) is 5.73. The van der Waals surface area contributed by atoms with E-state index in [1.165, 1.54) is 11.3 Å². The smallest absolute Gasteiger partial charge is 0.341 e. The summed E-state index contributed by atoms with van der Waals surface area (Å²) in [6.07, 6.45) is 4.21. The Bertz CT molecular complexity index is 977. The van der Waals surface area contributed by atoms with Crippen molar-refractivity contribution in [2.24, 2.45) is 0 Å². The van der Waals surface area contributed by atoms with E-state index in [-0.39, 0.29) is 12.3 Å². The summed E-state index contributed by atoms with van der Waals surface area (Å²) in [6.45, 7) is -0.236. The van der Waals surface area contributed by atoms with E-state index >= 15 is 0 Å². The van der Waals surface area contributed by atoms with Crippen LogP contribution in [0.4, 0.5) is 0 Å². The highest BCUT2D eigenvalue weighted by atomic mass is 32.1. The van der Waals surface area contributed by atoms with E-state index in [1.807, 2.05) is 5.38 Å². The van der Waals surface area contributed by atoms with Crippen LogP contribution in [0.3, 0.4) is 0 Å². The van der Waals surface area contributed by atoms with Crippen LogP contribution in [0.1, 0.15) is 33.6 Å². The molecular formula is C17H15N3O3S. The summed E-state index contributed by atoms with van der Waals surface area (Å²) < 4.78 is 6.36. The van der Waals surface area contributed by atoms with Gasteiger partial charge >= 0.3 is 5.97 Å². The van der Waals surface area contributed by atoms with Gasteiger partial charge in [0.05, 0.1) is 10.9 Å². The number of ether oxygens (including phenoxy) is 1. The van der Waals surface area contributed by atoms with Gasteiger partial charge < -0.3 is 4.74 Å². The van der Waals surface area contributed by atoms with Crippen molar-refractivity contribution in [3.63, 3.8) is 0 Å². The summed E-state index contributed by atoms with van der Waals surface area (Å²) in [5, 5.41) is 10.1. The third kappa shape index (κ3) is 2.60. The average Bonchev–Trinajstić information content (AvgIpc) is 3.05. The van der Waals surface area contributed by atoms with Crippen molar-refractivity contribution in [3.8, 4) is 0 Å². The molecule has 0 unspecified atom stereocenters. The molecule has 6 nitrogen and oxygen atoms in total. The van der Waals surface area contributed by atoms with Crippen LogP contribution < -0.4 is 5.56 Å². The Morgan fingerprint density at radius 2 is 2.08 bits per heavy atom. The number of carbonyl (C=O) groups is 1. The third-order valence-electron chi connectivity index (χ3n) is 4.23. The zero-order valence-corrected chi connectivity index (χ0v) is 13.7. The lowest BCUT2D eigenvalue weighted by molar-refractivity contribution is 0.0335. The Balaban J connectivity index is 1.55. The van der Waals surface area contributed by atoms with E-state index in [2.05, 4.69) is 10.3 Å². The van der Waals surface area contributed by atoms with Gasteiger partial charge in [-0.3, -0.25) is 4.79 Å². The fourth-order valence-electron chi connectivity index (χ4n) is 2.97. The van der Waals surface area contributed by atoms with Crippen molar-refractivity contribution in [1.29, 1.82) is 0 Å². The van der Waals surface area contributed by atoms with Gasteiger partial charge in [-0.1, -0.05) is 17.3 Å². The van der Waals surface area contributed by atoms with Gasteiger partial charge in [0.25, 0.3) is 5.56 Å². The molecule has 2 heterocycles. The van der Waals surface area contributed by atoms with E-state index in [1.54, 1.807) is 35.6 Å². The topological polar surface area (TPSA) is 74.1 Å². The summed E-state index contributed by atoms with van der Waals surface area (Å²) in [6, 6.07) is 6.96. The zero-order valence-electron chi connectivity index (χ0n) is 12.9. The lowest BCUT2D eigenvalue weighted by Gasteiger charge is -2.12. The molecule has 0 radical (unpaired) electrons. The summed E-state index contributed by atoms with van der Waals surface area (Å²) in [7, 11) is 0. The third-order valence-corrected chi connectivity index (χ3v) is 5.32. The molecule has 0 saturated carbocycles. The monoisotopic (exact) mass is 341 g/mol. The van der Waals surface area contributed by atoms with E-state index in [9.17, 15) is 9.59 Å². The zero-order chi connectivity index (χ0) is 16.5. The van der Waals surface area contributed by atoms with E-state index in [4.69, 9.17) is 4.74 Å². The standard InChI is InChI=1S/C17H15N3O3S/c21-16-12-6-1-3-7-14(12)18-19-20(16)10-23-17(22)13-9-24-15-8-4-2-5-11(13)15/h1,3,6-7,9H,2,4-5,8,10H2. The van der Waals surface area contributed by atoms with Crippen molar-refractivity contribution >= 4 is 28.2 Å². The van der Waals surface area contributed by atoms with Crippen LogP contribution in [0, 0.1) is 0 Å². The maximum absolute atomic E-state index is 12.3. The van der Waals surface area contributed by atoms with Crippen LogP contribution in [0.15, 0.2) is 34.4 Å². The normalized spacial score (nSPS) is 13.7. The van der Waals surface area contributed by atoms with Crippen molar-refractivity contribution < 1.29 is 9.53 Å². The fourth-order valence-corrected chi connectivity index (χ4v) is 4.09. The summed E-state index contributed by atoms with van der Waals surface area (Å²) >= 11 is 1.61. The molecule has 7 heteroatoms. The number of rotatable bonds is 3. The molecule has 0 atom stereocenters. The van der Waals surface area contributed by atoms with Gasteiger partial charge in [-0.2, -0.15) is 4.68 Å². The van der Waals surface area contributed by atoms with Crippen LogP contribution >= 0.6 is 11.3 Å². The molecule has 4 rings (SSSR count). The molecule has 0 aliphatic heterocycles. The van der Waals surface area contributed by atoms with Gasteiger partial charge in [-0.15, -0.1) is 16.4 Å². The first-order valence-electron chi connectivity index (χ1n) is 7.83. The molecule has 122 valence electrons. The van der Waals surface area contributed by atoms with Gasteiger partial charge in [-0.05, 0) is 43.4 Å². The van der Waals surface area contributed by atoms with Crippen LogP contribution in [0.5, 0.6) is 0 Å². The number of hydrogen-bond donors (Lipinski definition) is 0. The van der Waals surface area contributed by atoms with Crippen molar-refractivity contribution in [2.75, 3.05) is 0 Å². The number of esters is 1. The van der Waals surface area contributed by atoms with Crippen molar-refractivity contribution in [1.82, 2.24) is 15.0 Å². The molecule has 1 aliphatic rings. The molecule has 3 aromatic rings. The maximum atomic E-state index is 12.3. The summed E-state index contributed by atoms with van der Waals surface area (Å²) in [4.78, 5) is 26.0. The molecule has 0 spiro atoms. The number of nitrogens with zero attached hydrogens (tertiary/aromatic N) is 3. The minimum absolute atomic E-state index is 0.236. The molecule has 0 amide bonds. The van der Waals surface area contributed by atoms with Gasteiger partial charge in [0.2, 0.25) is 0 Å². The van der Waals surface area contributed by atoms with Crippen LogP contribution in [0.25, 0.3) is 10.9 Å². The SMILES string of the molecule is O=C(OCn1nnc2ccccc2c1=O)c1csc2c1CCCC2. The highest BCUT2D eigenvalue weighted by Crippen LogP contribution is 2.30. The Morgan fingerprint density at radius 3 is 3.00 bits per heavy atom. The number of aromatic nitrogens is 3. The van der Waals surface area contributed by atoms with Gasteiger partial charge in [0.1, 0.15) is 5.52 Å². The first kappa shape index (κ1) is 15.0. The summed E-state index contributed by atoms with van der Waals surface area (Å²) in [5.74, 6) is -0.406. The number of fused-ring (bicyclic) bond motifs is 2. The molecule has 0 bridgehead atoms. The first-order chi connectivity index (χ1) is 11.7. The van der Waals surface area contributed by atoms with Crippen molar-refractivity contribution in [2.45, 2.75) is 32.4 Å². The van der Waals surface area contributed by atoms with E-state index < -0.39 is 5.97 Å². The van der Waals surface area contributed by atoms with Crippen molar-refractivity contribution in [3.05, 3.63) is 56.0 Å². The summed E-state index contributed by atoms with van der Waals surface area (Å²) in [5.41, 5.74) is 1.93. The van der Waals surface area contributed by atoms with Crippen LogP contribution in [-0.4, -0.2) is 21.0 Å². The molecular weight excluding hydrogens is 326 g/mol. The second kappa shape index (κ2) is 6.16. The molecule has 0 fully saturated rings. The number of hydrogen-bond acceptors (Lipinski definition) is 6.